The minimum Gasteiger partial charge on any atom is -0.387 e. The number of aliphatic hydroxyl groups is 1. The van der Waals surface area contributed by atoms with Gasteiger partial charge >= 0.3 is 0 Å². The number of aromatic amines is 1. The van der Waals surface area contributed by atoms with E-state index in [0.717, 1.165) is 11.3 Å². The van der Waals surface area contributed by atoms with Crippen LogP contribution in [0, 0.1) is 0 Å². The van der Waals surface area contributed by atoms with Crippen molar-refractivity contribution < 1.29 is 14.7 Å². The predicted molar refractivity (Wildman–Crippen MR) is 89.2 cm³/mol. The molecule has 1 unspecified atom stereocenters. The van der Waals surface area contributed by atoms with Gasteiger partial charge in [-0.3, -0.25) is 9.59 Å². The highest BCUT2D eigenvalue weighted by atomic mass is 35.5. The summed E-state index contributed by atoms with van der Waals surface area (Å²) in [5, 5.41) is 15.7. The maximum atomic E-state index is 12.0. The molecule has 23 heavy (non-hydrogen) atoms. The van der Waals surface area contributed by atoms with E-state index in [-0.39, 0.29) is 23.3 Å². The van der Waals surface area contributed by atoms with Gasteiger partial charge in [0.2, 0.25) is 11.8 Å². The molecule has 1 aromatic carbocycles. The summed E-state index contributed by atoms with van der Waals surface area (Å²) in [5.41, 5.74) is 2.68. The van der Waals surface area contributed by atoms with Crippen LogP contribution in [0.1, 0.15) is 24.1 Å². The van der Waals surface area contributed by atoms with E-state index in [0.29, 0.717) is 28.2 Å². The van der Waals surface area contributed by atoms with Gasteiger partial charge in [-0.2, -0.15) is 0 Å². The second-order valence-electron chi connectivity index (χ2n) is 5.58. The average molecular weight is 356 g/mol. The first-order valence-electron chi connectivity index (χ1n) is 7.12. The lowest BCUT2D eigenvalue weighted by atomic mass is 10.0. The molecule has 8 heteroatoms. The van der Waals surface area contributed by atoms with Crippen LogP contribution >= 0.6 is 23.2 Å². The lowest BCUT2D eigenvalue weighted by molar-refractivity contribution is -0.120. The molecule has 0 aliphatic carbocycles. The van der Waals surface area contributed by atoms with Crippen molar-refractivity contribution in [2.75, 3.05) is 18.5 Å². The maximum Gasteiger partial charge on any atom is 0.250 e. The van der Waals surface area contributed by atoms with Crippen LogP contribution < -0.4 is 10.6 Å². The minimum absolute atomic E-state index is 0.0695. The number of hydrogen-bond donors (Lipinski definition) is 4. The Morgan fingerprint density at radius 3 is 2.91 bits per heavy atom. The Labute approximate surface area is 142 Å². The lowest BCUT2D eigenvalue weighted by Crippen LogP contribution is -2.25. The van der Waals surface area contributed by atoms with E-state index in [1.165, 1.54) is 6.07 Å². The van der Waals surface area contributed by atoms with Gasteiger partial charge in [-0.15, -0.1) is 0 Å². The maximum absolute atomic E-state index is 12.0. The number of carbonyl (C=O) groups is 2. The number of hydrogen-bond acceptors (Lipinski definition) is 3. The fraction of sp³-hybridized carbons (Fsp3) is 0.333. The molecule has 2 heterocycles. The van der Waals surface area contributed by atoms with Crippen LogP contribution in [0.25, 0.3) is 10.9 Å². The van der Waals surface area contributed by atoms with Crippen LogP contribution in [0.3, 0.4) is 0 Å². The molecule has 0 saturated heterocycles. The molecule has 1 aliphatic heterocycles. The van der Waals surface area contributed by atoms with E-state index in [2.05, 4.69) is 15.6 Å². The summed E-state index contributed by atoms with van der Waals surface area (Å²) in [5.74, 6) is -0.590. The molecule has 2 aromatic rings. The molecule has 3 rings (SSSR count). The van der Waals surface area contributed by atoms with E-state index >= 15 is 0 Å². The second kappa shape index (κ2) is 6.03. The highest BCUT2D eigenvalue weighted by Gasteiger charge is 2.26. The van der Waals surface area contributed by atoms with Crippen molar-refractivity contribution in [3.8, 4) is 0 Å². The van der Waals surface area contributed by atoms with Gasteiger partial charge in [-0.25, -0.2) is 0 Å². The quantitative estimate of drug-likeness (QED) is 0.664. The van der Waals surface area contributed by atoms with E-state index in [1.54, 1.807) is 0 Å². The van der Waals surface area contributed by atoms with Crippen LogP contribution in [-0.4, -0.2) is 35.1 Å². The summed E-state index contributed by atoms with van der Waals surface area (Å²) in [7, 11) is 0. The first-order chi connectivity index (χ1) is 10.9. The molecule has 122 valence electrons. The number of fused-ring (bicyclic) bond motifs is 3. The zero-order valence-corrected chi connectivity index (χ0v) is 13.8. The highest BCUT2D eigenvalue weighted by molar-refractivity contribution is 6.45. The van der Waals surface area contributed by atoms with Crippen molar-refractivity contribution in [2.45, 2.75) is 19.3 Å². The van der Waals surface area contributed by atoms with Crippen LogP contribution in [0.4, 0.5) is 5.69 Å². The number of H-pyrrole nitrogens is 1. The third-order valence-corrected chi connectivity index (χ3v) is 4.75. The summed E-state index contributed by atoms with van der Waals surface area (Å²) < 4.78 is 0. The summed E-state index contributed by atoms with van der Waals surface area (Å²) >= 11 is 12.4. The fourth-order valence-corrected chi connectivity index (χ4v) is 3.29. The molecule has 0 radical (unpaired) electrons. The Kier molecular flexibility index (Phi) is 4.23. The summed E-state index contributed by atoms with van der Waals surface area (Å²) in [6.45, 7) is 1.86. The van der Waals surface area contributed by atoms with Crippen molar-refractivity contribution in [1.82, 2.24) is 10.3 Å². The molecule has 0 bridgehead atoms. The zero-order chi connectivity index (χ0) is 16.7. The van der Waals surface area contributed by atoms with Crippen molar-refractivity contribution in [1.29, 1.82) is 0 Å². The first kappa shape index (κ1) is 16.1. The van der Waals surface area contributed by atoms with Crippen LogP contribution in [0.2, 0.25) is 10.0 Å². The number of aromatic nitrogens is 1. The van der Waals surface area contributed by atoms with Gasteiger partial charge in [-0.1, -0.05) is 30.1 Å². The molecule has 0 fully saturated rings. The van der Waals surface area contributed by atoms with Crippen LogP contribution in [-0.2, 0) is 16.0 Å². The first-order valence-corrected chi connectivity index (χ1v) is 7.87. The van der Waals surface area contributed by atoms with E-state index in [4.69, 9.17) is 28.3 Å². The Morgan fingerprint density at radius 2 is 2.22 bits per heavy atom. The predicted octanol–water partition coefficient (Wildman–Crippen LogP) is 2.18. The van der Waals surface area contributed by atoms with Gasteiger partial charge in [0.25, 0.3) is 0 Å². The molecule has 1 aromatic heterocycles. The monoisotopic (exact) mass is 355 g/mol. The zero-order valence-electron chi connectivity index (χ0n) is 12.3. The Morgan fingerprint density at radius 1 is 1.48 bits per heavy atom. The van der Waals surface area contributed by atoms with Gasteiger partial charge in [0.15, 0.2) is 0 Å². The molecule has 4 N–H and O–H groups in total. The SMILES string of the molecule is CC1CNC(=O)Cc2c1[nH]c1c(Cl)c(Cl)cc(NC(=O)CO)c21. The average Bonchev–Trinajstić information content (AvgIpc) is 2.83. The van der Waals surface area contributed by atoms with Crippen molar-refractivity contribution in [3.63, 3.8) is 0 Å². The van der Waals surface area contributed by atoms with E-state index in [1.807, 2.05) is 6.92 Å². The minimum atomic E-state index is -0.648. The van der Waals surface area contributed by atoms with Crippen molar-refractivity contribution in [3.05, 3.63) is 27.4 Å². The molecular weight excluding hydrogens is 341 g/mol. The summed E-state index contributed by atoms with van der Waals surface area (Å²) in [6, 6.07) is 1.53. The fourth-order valence-electron chi connectivity index (χ4n) is 2.89. The number of amides is 2. The number of benzene rings is 1. The number of halogens is 2. The molecule has 0 spiro atoms. The molecule has 1 atom stereocenters. The number of nitrogens with one attached hydrogen (secondary N) is 3. The smallest absolute Gasteiger partial charge is 0.250 e. The second-order valence-corrected chi connectivity index (χ2v) is 6.36. The van der Waals surface area contributed by atoms with Crippen LogP contribution in [0.5, 0.6) is 0 Å². The third-order valence-electron chi connectivity index (χ3n) is 3.96. The molecule has 1 aliphatic rings. The Hall–Kier alpha value is -1.76. The van der Waals surface area contributed by atoms with Crippen LogP contribution in [0.15, 0.2) is 6.07 Å². The van der Waals surface area contributed by atoms with Gasteiger partial charge in [0.1, 0.15) is 6.61 Å². The number of aliphatic hydroxyl groups excluding tert-OH is 1. The molecule has 0 saturated carbocycles. The molecule has 2 amide bonds. The van der Waals surface area contributed by atoms with Gasteiger partial charge < -0.3 is 20.7 Å². The topological polar surface area (TPSA) is 94.2 Å². The summed E-state index contributed by atoms with van der Waals surface area (Å²) in [6.07, 6.45) is 0.180. The van der Waals surface area contributed by atoms with Gasteiger partial charge in [0.05, 0.1) is 27.7 Å². The standard InChI is InChI=1S/C15H15Cl2N3O3/c1-6-4-18-10(22)2-7-12-9(19-11(23)5-21)3-8(16)13(17)15(12)20-14(6)7/h3,6,20-21H,2,4-5H2,1H3,(H,18,22)(H,19,23). The van der Waals surface area contributed by atoms with Crippen molar-refractivity contribution in [2.24, 2.45) is 0 Å². The number of rotatable bonds is 2. The van der Waals surface area contributed by atoms with Gasteiger partial charge in [0, 0.05) is 23.5 Å². The lowest BCUT2D eigenvalue weighted by Gasteiger charge is -2.09. The summed E-state index contributed by atoms with van der Waals surface area (Å²) in [4.78, 5) is 26.8. The van der Waals surface area contributed by atoms with Gasteiger partial charge in [-0.05, 0) is 11.6 Å². The Balaban J connectivity index is 2.29. The number of anilines is 1. The third kappa shape index (κ3) is 2.78. The number of carbonyl (C=O) groups excluding carboxylic acids is 2. The highest BCUT2D eigenvalue weighted by Crippen LogP contribution is 2.41. The van der Waals surface area contributed by atoms with E-state index in [9.17, 15) is 9.59 Å². The largest absolute Gasteiger partial charge is 0.387 e. The molecular formula is C15H15Cl2N3O3. The van der Waals surface area contributed by atoms with E-state index < -0.39 is 12.5 Å². The van der Waals surface area contributed by atoms with Crippen molar-refractivity contribution >= 4 is 51.6 Å². The Bertz CT molecular complexity index is 816. The normalized spacial score (nSPS) is 17.6. The molecule has 6 nitrogen and oxygen atoms in total.